The molecule has 1 aromatic heterocycles. The summed E-state index contributed by atoms with van der Waals surface area (Å²) in [5.41, 5.74) is 2.58. The summed E-state index contributed by atoms with van der Waals surface area (Å²) in [7, 11) is 0. The molecular weight excluding hydrogens is 410 g/mol. The number of hydrogen-bond acceptors (Lipinski definition) is 3. The zero-order chi connectivity index (χ0) is 22.1. The van der Waals surface area contributed by atoms with E-state index in [4.69, 9.17) is 11.6 Å². The molecular formula is C25H26ClN3O2. The maximum absolute atomic E-state index is 13.4. The van der Waals surface area contributed by atoms with Crippen LogP contribution in [0.4, 0.5) is 0 Å². The van der Waals surface area contributed by atoms with Gasteiger partial charge in [0.05, 0.1) is 0 Å². The van der Waals surface area contributed by atoms with Crippen LogP contribution in [-0.4, -0.2) is 21.7 Å². The molecule has 3 aromatic rings. The van der Waals surface area contributed by atoms with Crippen LogP contribution in [0.25, 0.3) is 0 Å². The average molecular weight is 436 g/mol. The molecule has 0 unspecified atom stereocenters. The summed E-state index contributed by atoms with van der Waals surface area (Å²) < 4.78 is 0. The Kier molecular flexibility index (Phi) is 8.19. The van der Waals surface area contributed by atoms with Gasteiger partial charge >= 0.3 is 0 Å². The van der Waals surface area contributed by atoms with Crippen LogP contribution < -0.4 is 5.32 Å². The second-order valence-electron chi connectivity index (χ2n) is 7.29. The molecule has 0 bridgehead atoms. The van der Waals surface area contributed by atoms with Gasteiger partial charge in [-0.1, -0.05) is 67.1 Å². The highest BCUT2D eigenvalue weighted by Crippen LogP contribution is 2.25. The van der Waals surface area contributed by atoms with E-state index < -0.39 is 6.04 Å². The zero-order valence-corrected chi connectivity index (χ0v) is 18.3. The molecule has 2 amide bonds. The fraction of sp³-hybridized carbons (Fsp3) is 0.240. The van der Waals surface area contributed by atoms with Crippen LogP contribution in [0.5, 0.6) is 0 Å². The predicted octanol–water partition coefficient (Wildman–Crippen LogP) is 4.92. The summed E-state index contributed by atoms with van der Waals surface area (Å²) in [6.45, 7) is 2.61. The number of carbonyl (C=O) groups excluding carboxylic acids is 2. The molecule has 1 N–H and O–H groups in total. The number of carbonyl (C=O) groups is 2. The van der Waals surface area contributed by atoms with Gasteiger partial charge in [0.25, 0.3) is 0 Å². The summed E-state index contributed by atoms with van der Waals surface area (Å²) in [4.78, 5) is 32.2. The summed E-state index contributed by atoms with van der Waals surface area (Å²) >= 11 is 6.02. The van der Waals surface area contributed by atoms with E-state index in [2.05, 4.69) is 10.3 Å². The second kappa shape index (κ2) is 11.3. The largest absolute Gasteiger partial charge is 0.350 e. The first-order valence-corrected chi connectivity index (χ1v) is 10.7. The molecule has 31 heavy (non-hydrogen) atoms. The number of hydrogen-bond donors (Lipinski definition) is 1. The Hall–Kier alpha value is -3.18. The smallest absolute Gasteiger partial charge is 0.247 e. The monoisotopic (exact) mass is 435 g/mol. The van der Waals surface area contributed by atoms with Crippen molar-refractivity contribution >= 4 is 23.4 Å². The molecule has 0 aliphatic carbocycles. The lowest BCUT2D eigenvalue weighted by Crippen LogP contribution is -2.43. The van der Waals surface area contributed by atoms with Crippen LogP contribution in [-0.2, 0) is 22.7 Å². The molecule has 0 radical (unpaired) electrons. The molecule has 5 nitrogen and oxygen atoms in total. The van der Waals surface area contributed by atoms with Crippen LogP contribution >= 0.6 is 11.6 Å². The number of halogens is 1. The Morgan fingerprint density at radius 3 is 2.39 bits per heavy atom. The van der Waals surface area contributed by atoms with Crippen molar-refractivity contribution in [1.82, 2.24) is 15.2 Å². The maximum atomic E-state index is 13.4. The van der Waals surface area contributed by atoms with Gasteiger partial charge in [-0.25, -0.2) is 0 Å². The minimum Gasteiger partial charge on any atom is -0.350 e. The number of nitrogens with zero attached hydrogens (tertiary/aromatic N) is 2. The van der Waals surface area contributed by atoms with E-state index in [0.29, 0.717) is 31.0 Å². The van der Waals surface area contributed by atoms with Gasteiger partial charge < -0.3 is 10.2 Å². The lowest BCUT2D eigenvalue weighted by molar-refractivity contribution is -0.141. The van der Waals surface area contributed by atoms with Gasteiger partial charge in [0.1, 0.15) is 6.04 Å². The molecule has 0 saturated heterocycles. The average Bonchev–Trinajstić information content (AvgIpc) is 2.80. The first-order valence-electron chi connectivity index (χ1n) is 10.3. The number of nitrogens with one attached hydrogen (secondary N) is 1. The molecule has 0 fully saturated rings. The summed E-state index contributed by atoms with van der Waals surface area (Å²) in [5.74, 6) is -0.295. The third-order valence-corrected chi connectivity index (χ3v) is 5.17. The van der Waals surface area contributed by atoms with Crippen LogP contribution in [0.2, 0.25) is 5.02 Å². The molecule has 3 rings (SSSR count). The third kappa shape index (κ3) is 6.40. The van der Waals surface area contributed by atoms with E-state index in [1.54, 1.807) is 29.4 Å². The van der Waals surface area contributed by atoms with Crippen LogP contribution in [0.15, 0.2) is 79.1 Å². The zero-order valence-electron chi connectivity index (χ0n) is 17.5. The summed E-state index contributed by atoms with van der Waals surface area (Å²) in [6, 6.07) is 19.7. The summed E-state index contributed by atoms with van der Waals surface area (Å²) in [5, 5.41) is 3.60. The highest BCUT2D eigenvalue weighted by molar-refractivity contribution is 6.30. The molecule has 6 heteroatoms. The Morgan fingerprint density at radius 2 is 1.74 bits per heavy atom. The highest BCUT2D eigenvalue weighted by Gasteiger charge is 2.31. The predicted molar refractivity (Wildman–Crippen MR) is 122 cm³/mol. The maximum Gasteiger partial charge on any atom is 0.247 e. The fourth-order valence-corrected chi connectivity index (χ4v) is 3.49. The molecule has 0 saturated carbocycles. The Labute approximate surface area is 188 Å². The fourth-order valence-electron chi connectivity index (χ4n) is 3.36. The number of aromatic nitrogens is 1. The number of rotatable bonds is 9. The van der Waals surface area contributed by atoms with Crippen molar-refractivity contribution in [2.45, 2.75) is 38.9 Å². The quantitative estimate of drug-likeness (QED) is 0.518. The Bertz CT molecular complexity index is 979. The van der Waals surface area contributed by atoms with Crippen LogP contribution in [0.1, 0.15) is 42.5 Å². The van der Waals surface area contributed by atoms with Crippen molar-refractivity contribution in [2.75, 3.05) is 0 Å². The first kappa shape index (κ1) is 22.5. The van der Waals surface area contributed by atoms with E-state index in [0.717, 1.165) is 16.7 Å². The van der Waals surface area contributed by atoms with E-state index in [1.807, 2.05) is 61.5 Å². The van der Waals surface area contributed by atoms with Crippen LogP contribution in [0.3, 0.4) is 0 Å². The SMILES string of the molecule is CCCC(=O)N(Cc1ccc(Cl)cc1)[C@@H](C(=O)NCc1cccnc1)c1ccccc1. The van der Waals surface area contributed by atoms with E-state index in [9.17, 15) is 9.59 Å². The van der Waals surface area contributed by atoms with Gasteiger partial charge in [-0.05, 0) is 41.3 Å². The van der Waals surface area contributed by atoms with E-state index in [1.165, 1.54) is 0 Å². The molecule has 160 valence electrons. The standard InChI is InChI=1S/C25H26ClN3O2/c1-2-7-23(30)29(18-19-11-13-22(26)14-12-19)24(21-9-4-3-5-10-21)25(31)28-17-20-8-6-15-27-16-20/h3-6,8-16,24H,2,7,17-18H2,1H3,(H,28,31)/t24-/m1/s1. The van der Waals surface area contributed by atoms with Crippen molar-refractivity contribution in [3.8, 4) is 0 Å². The topological polar surface area (TPSA) is 62.3 Å². The van der Waals surface area contributed by atoms with Gasteiger partial charge in [0.15, 0.2) is 0 Å². The first-order chi connectivity index (χ1) is 15.1. The molecule has 1 atom stereocenters. The lowest BCUT2D eigenvalue weighted by atomic mass is 10.0. The van der Waals surface area contributed by atoms with Gasteiger partial charge in [0, 0.05) is 36.9 Å². The minimum absolute atomic E-state index is 0.0668. The van der Waals surface area contributed by atoms with Gasteiger partial charge in [0.2, 0.25) is 11.8 Å². The number of pyridine rings is 1. The second-order valence-corrected chi connectivity index (χ2v) is 7.73. The van der Waals surface area contributed by atoms with Gasteiger partial charge in [-0.3, -0.25) is 14.6 Å². The molecule has 2 aromatic carbocycles. The van der Waals surface area contributed by atoms with Crippen molar-refractivity contribution in [1.29, 1.82) is 0 Å². The van der Waals surface area contributed by atoms with E-state index in [-0.39, 0.29) is 11.8 Å². The third-order valence-electron chi connectivity index (χ3n) is 4.92. The Morgan fingerprint density at radius 1 is 1.00 bits per heavy atom. The molecule has 0 aliphatic rings. The Balaban J connectivity index is 1.91. The van der Waals surface area contributed by atoms with Crippen molar-refractivity contribution in [2.24, 2.45) is 0 Å². The normalized spacial score (nSPS) is 11.5. The number of amides is 2. The van der Waals surface area contributed by atoms with Crippen molar-refractivity contribution in [3.05, 3.63) is 101 Å². The van der Waals surface area contributed by atoms with Crippen molar-refractivity contribution in [3.63, 3.8) is 0 Å². The van der Waals surface area contributed by atoms with Gasteiger partial charge in [-0.15, -0.1) is 0 Å². The highest BCUT2D eigenvalue weighted by atomic mass is 35.5. The van der Waals surface area contributed by atoms with E-state index >= 15 is 0 Å². The lowest BCUT2D eigenvalue weighted by Gasteiger charge is -2.31. The minimum atomic E-state index is -0.743. The van der Waals surface area contributed by atoms with Gasteiger partial charge in [-0.2, -0.15) is 0 Å². The number of benzene rings is 2. The molecule has 0 aliphatic heterocycles. The van der Waals surface area contributed by atoms with Crippen molar-refractivity contribution < 1.29 is 9.59 Å². The van der Waals surface area contributed by atoms with Crippen LogP contribution in [0, 0.1) is 0 Å². The molecule has 0 spiro atoms. The summed E-state index contributed by atoms with van der Waals surface area (Å²) in [6.07, 6.45) is 4.47. The molecule has 1 heterocycles.